The molecule has 6 nitrogen and oxygen atoms in total. The molecule has 0 saturated carbocycles. The van der Waals surface area contributed by atoms with E-state index in [-0.39, 0.29) is 5.91 Å². The van der Waals surface area contributed by atoms with Crippen molar-refractivity contribution in [2.24, 2.45) is 0 Å². The Balaban J connectivity index is 1.83. The lowest BCUT2D eigenvalue weighted by Gasteiger charge is -2.13. The molecule has 0 radical (unpaired) electrons. The van der Waals surface area contributed by atoms with E-state index in [1.165, 1.54) is 6.92 Å². The molecule has 0 spiro atoms. The molecule has 0 aliphatic heterocycles. The largest absolute Gasteiger partial charge is 0.340 e. The van der Waals surface area contributed by atoms with Crippen molar-refractivity contribution in [2.45, 2.75) is 20.8 Å². The summed E-state index contributed by atoms with van der Waals surface area (Å²) >= 11 is 6.19. The summed E-state index contributed by atoms with van der Waals surface area (Å²) in [6, 6.07) is 14.9. The molecule has 1 aromatic heterocycles. The van der Waals surface area contributed by atoms with E-state index in [9.17, 15) is 4.79 Å². The topological polar surface area (TPSA) is 78.9 Å². The number of benzene rings is 2. The van der Waals surface area contributed by atoms with Gasteiger partial charge in [-0.2, -0.15) is 0 Å². The van der Waals surface area contributed by atoms with E-state index in [1.807, 2.05) is 62.4 Å². The summed E-state index contributed by atoms with van der Waals surface area (Å²) in [5.74, 6) is 1.81. The summed E-state index contributed by atoms with van der Waals surface area (Å²) in [4.78, 5) is 20.1. The lowest BCUT2D eigenvalue weighted by molar-refractivity contribution is -0.114. The zero-order valence-electron chi connectivity index (χ0n) is 15.3. The third-order valence-electron chi connectivity index (χ3n) is 3.82. The van der Waals surface area contributed by atoms with Crippen molar-refractivity contribution in [3.05, 3.63) is 64.9 Å². The molecular formula is C20H20ClN5O. The van der Waals surface area contributed by atoms with E-state index >= 15 is 0 Å². The van der Waals surface area contributed by atoms with Crippen molar-refractivity contribution in [3.8, 4) is 0 Å². The number of rotatable bonds is 5. The highest BCUT2D eigenvalue weighted by Crippen LogP contribution is 2.27. The first-order chi connectivity index (χ1) is 12.9. The molecule has 0 unspecified atom stereocenters. The van der Waals surface area contributed by atoms with Crippen molar-refractivity contribution in [2.75, 3.05) is 16.0 Å². The molecule has 3 aromatic rings. The maximum atomic E-state index is 11.2. The first-order valence-corrected chi connectivity index (χ1v) is 8.81. The summed E-state index contributed by atoms with van der Waals surface area (Å²) in [5.41, 5.74) is 3.36. The number of hydrogen-bond acceptors (Lipinski definition) is 5. The minimum absolute atomic E-state index is 0.117. The van der Waals surface area contributed by atoms with Crippen LogP contribution in [0.2, 0.25) is 5.02 Å². The maximum absolute atomic E-state index is 11.2. The van der Waals surface area contributed by atoms with Crippen LogP contribution in [0.5, 0.6) is 0 Å². The highest BCUT2D eigenvalue weighted by Gasteiger charge is 2.07. The van der Waals surface area contributed by atoms with Crippen LogP contribution >= 0.6 is 11.6 Å². The molecule has 0 bridgehead atoms. The van der Waals surface area contributed by atoms with E-state index in [2.05, 4.69) is 25.9 Å². The molecular weight excluding hydrogens is 362 g/mol. The van der Waals surface area contributed by atoms with Crippen LogP contribution in [0.25, 0.3) is 0 Å². The quantitative estimate of drug-likeness (QED) is 0.566. The van der Waals surface area contributed by atoms with Gasteiger partial charge in [-0.25, -0.2) is 9.97 Å². The Bertz CT molecular complexity index is 990. The van der Waals surface area contributed by atoms with Gasteiger partial charge in [-0.05, 0) is 49.7 Å². The Hall–Kier alpha value is -3.12. The summed E-state index contributed by atoms with van der Waals surface area (Å²) in [7, 11) is 0. The van der Waals surface area contributed by atoms with Crippen LogP contribution in [-0.4, -0.2) is 15.9 Å². The number of nitrogens with zero attached hydrogens (tertiary/aromatic N) is 2. The molecule has 7 heteroatoms. The Kier molecular flexibility index (Phi) is 5.57. The molecule has 2 aromatic carbocycles. The van der Waals surface area contributed by atoms with Crippen LogP contribution in [0, 0.1) is 13.8 Å². The first kappa shape index (κ1) is 18.7. The molecule has 3 rings (SSSR count). The molecule has 0 atom stereocenters. The van der Waals surface area contributed by atoms with Crippen LogP contribution in [0.3, 0.4) is 0 Å². The molecule has 0 saturated heterocycles. The molecule has 27 heavy (non-hydrogen) atoms. The predicted molar refractivity (Wildman–Crippen MR) is 110 cm³/mol. The highest BCUT2D eigenvalue weighted by atomic mass is 35.5. The van der Waals surface area contributed by atoms with Gasteiger partial charge in [0.2, 0.25) is 5.91 Å². The van der Waals surface area contributed by atoms with Crippen LogP contribution in [-0.2, 0) is 4.79 Å². The van der Waals surface area contributed by atoms with Gasteiger partial charge in [-0.15, -0.1) is 0 Å². The van der Waals surface area contributed by atoms with E-state index in [0.717, 1.165) is 16.9 Å². The fraction of sp³-hybridized carbons (Fsp3) is 0.150. The molecule has 0 fully saturated rings. The van der Waals surface area contributed by atoms with Crippen molar-refractivity contribution < 1.29 is 4.79 Å². The zero-order chi connectivity index (χ0) is 19.4. The summed E-state index contributed by atoms with van der Waals surface area (Å²) < 4.78 is 0. The van der Waals surface area contributed by atoms with Gasteiger partial charge >= 0.3 is 0 Å². The van der Waals surface area contributed by atoms with E-state index in [1.54, 1.807) is 0 Å². The number of carbonyl (C=O) groups excluding carboxylic acids is 1. The van der Waals surface area contributed by atoms with Crippen LogP contribution < -0.4 is 16.0 Å². The maximum Gasteiger partial charge on any atom is 0.221 e. The second-order valence-corrected chi connectivity index (χ2v) is 6.52. The zero-order valence-corrected chi connectivity index (χ0v) is 16.1. The minimum Gasteiger partial charge on any atom is -0.340 e. The van der Waals surface area contributed by atoms with Gasteiger partial charge in [0, 0.05) is 35.1 Å². The summed E-state index contributed by atoms with van der Waals surface area (Å²) in [6.45, 7) is 5.25. The number of hydrogen-bond donors (Lipinski definition) is 3. The Morgan fingerprint density at radius 2 is 1.59 bits per heavy atom. The van der Waals surface area contributed by atoms with Crippen molar-refractivity contribution in [1.82, 2.24) is 9.97 Å². The molecule has 1 heterocycles. The van der Waals surface area contributed by atoms with Gasteiger partial charge in [0.1, 0.15) is 17.5 Å². The molecule has 138 valence electrons. The SMILES string of the molecule is CC(=O)Nc1cccc(Nc2cc(Nc3cccc(Cl)c3C)nc(C)n2)c1. The third-order valence-corrected chi connectivity index (χ3v) is 4.23. The second-order valence-electron chi connectivity index (χ2n) is 6.11. The summed E-state index contributed by atoms with van der Waals surface area (Å²) in [6.07, 6.45) is 0. The molecule has 1 amide bonds. The van der Waals surface area contributed by atoms with Crippen molar-refractivity contribution >= 4 is 46.2 Å². The Morgan fingerprint density at radius 3 is 2.33 bits per heavy atom. The summed E-state index contributed by atoms with van der Waals surface area (Å²) in [5, 5.41) is 9.98. The third kappa shape index (κ3) is 4.95. The van der Waals surface area contributed by atoms with Gasteiger partial charge in [0.25, 0.3) is 0 Å². The van der Waals surface area contributed by atoms with Crippen LogP contribution in [0.1, 0.15) is 18.3 Å². The average Bonchev–Trinajstić information content (AvgIpc) is 2.58. The lowest BCUT2D eigenvalue weighted by atomic mass is 10.2. The van der Waals surface area contributed by atoms with Crippen molar-refractivity contribution in [1.29, 1.82) is 0 Å². The standard InChI is InChI=1S/C20H20ClN5O/c1-12-17(21)8-5-9-18(12)26-20-11-19(22-13(2)23-20)25-16-7-4-6-15(10-16)24-14(3)27/h4-11H,1-3H3,(H,24,27)(H2,22,23,25,26). The number of nitrogens with one attached hydrogen (secondary N) is 3. The molecule has 0 aliphatic carbocycles. The fourth-order valence-electron chi connectivity index (χ4n) is 2.60. The number of carbonyl (C=O) groups is 1. The first-order valence-electron chi connectivity index (χ1n) is 8.43. The second kappa shape index (κ2) is 8.05. The van der Waals surface area contributed by atoms with E-state index in [0.29, 0.717) is 28.2 Å². The van der Waals surface area contributed by atoms with Gasteiger partial charge in [-0.3, -0.25) is 4.79 Å². The number of anilines is 5. The Morgan fingerprint density at radius 1 is 0.926 bits per heavy atom. The van der Waals surface area contributed by atoms with E-state index in [4.69, 9.17) is 11.6 Å². The van der Waals surface area contributed by atoms with Gasteiger partial charge in [0.15, 0.2) is 0 Å². The van der Waals surface area contributed by atoms with E-state index < -0.39 is 0 Å². The van der Waals surface area contributed by atoms with Crippen LogP contribution in [0.15, 0.2) is 48.5 Å². The normalized spacial score (nSPS) is 10.4. The van der Waals surface area contributed by atoms with Crippen molar-refractivity contribution in [3.63, 3.8) is 0 Å². The number of halogens is 1. The average molecular weight is 382 g/mol. The minimum atomic E-state index is -0.117. The number of aryl methyl sites for hydroxylation is 1. The van der Waals surface area contributed by atoms with Crippen LogP contribution in [0.4, 0.5) is 28.7 Å². The molecule has 0 aliphatic rings. The number of amides is 1. The molecule has 3 N–H and O–H groups in total. The smallest absolute Gasteiger partial charge is 0.221 e. The predicted octanol–water partition coefficient (Wildman–Crippen LogP) is 5.19. The lowest BCUT2D eigenvalue weighted by Crippen LogP contribution is -2.06. The number of aromatic nitrogens is 2. The fourth-order valence-corrected chi connectivity index (χ4v) is 2.78. The monoisotopic (exact) mass is 381 g/mol. The van der Waals surface area contributed by atoms with Gasteiger partial charge < -0.3 is 16.0 Å². The van der Waals surface area contributed by atoms with Gasteiger partial charge in [-0.1, -0.05) is 23.7 Å². The Labute approximate surface area is 163 Å². The van der Waals surface area contributed by atoms with Gasteiger partial charge in [0.05, 0.1) is 0 Å². The highest BCUT2D eigenvalue weighted by molar-refractivity contribution is 6.31.